The van der Waals surface area contributed by atoms with Crippen LogP contribution >= 0.6 is 11.3 Å². The Bertz CT molecular complexity index is 1170. The van der Waals surface area contributed by atoms with Gasteiger partial charge < -0.3 is 20.5 Å². The summed E-state index contributed by atoms with van der Waals surface area (Å²) < 4.78 is 7.33. The number of nitrogens with zero attached hydrogens (tertiary/aromatic N) is 3. The van der Waals surface area contributed by atoms with Crippen LogP contribution in [-0.4, -0.2) is 46.1 Å². The molecular formula is C19H19N5O3S. The van der Waals surface area contributed by atoms with Crippen LogP contribution in [0.15, 0.2) is 30.5 Å². The fourth-order valence-corrected chi connectivity index (χ4v) is 4.20. The molecule has 3 N–H and O–H groups in total. The monoisotopic (exact) mass is 397 g/mol. The minimum atomic E-state index is 0.147. The zero-order chi connectivity index (χ0) is 19.7. The molecule has 144 valence electrons. The van der Waals surface area contributed by atoms with E-state index >= 15 is 0 Å². The summed E-state index contributed by atoms with van der Waals surface area (Å²) >= 11 is 1.57. The molecule has 1 amide bonds. The fourth-order valence-electron chi connectivity index (χ4n) is 3.06. The highest BCUT2D eigenvalue weighted by Crippen LogP contribution is 2.37. The maximum atomic E-state index is 10.4. The summed E-state index contributed by atoms with van der Waals surface area (Å²) in [4.78, 5) is 21.6. The van der Waals surface area contributed by atoms with Gasteiger partial charge in [-0.15, -0.1) is 11.3 Å². The van der Waals surface area contributed by atoms with E-state index in [9.17, 15) is 9.90 Å². The van der Waals surface area contributed by atoms with Crippen LogP contribution in [0.1, 0.15) is 5.69 Å². The quantitative estimate of drug-likeness (QED) is 0.327. The van der Waals surface area contributed by atoms with E-state index in [0.29, 0.717) is 31.1 Å². The van der Waals surface area contributed by atoms with Crippen molar-refractivity contribution in [3.63, 3.8) is 0 Å². The van der Waals surface area contributed by atoms with Gasteiger partial charge in [0.2, 0.25) is 6.41 Å². The van der Waals surface area contributed by atoms with Crippen molar-refractivity contribution < 1.29 is 14.6 Å². The number of aromatic hydroxyl groups is 1. The summed E-state index contributed by atoms with van der Waals surface area (Å²) in [6.45, 7) is 3.03. The van der Waals surface area contributed by atoms with Crippen molar-refractivity contribution in [2.75, 3.05) is 25.5 Å². The average molecular weight is 397 g/mol. The Morgan fingerprint density at radius 1 is 1.29 bits per heavy atom. The SMILES string of the molecule is COc1cc(O)cc(-c2cc3nc(NCCNC=O)c4ncc(C)n4c3s2)c1. The van der Waals surface area contributed by atoms with Gasteiger partial charge in [-0.1, -0.05) is 0 Å². The maximum absolute atomic E-state index is 10.4. The second-order valence-corrected chi connectivity index (χ2v) is 7.27. The number of phenolic OH excluding ortho intramolecular Hbond substituents is 1. The van der Waals surface area contributed by atoms with Crippen LogP contribution in [0.25, 0.3) is 26.4 Å². The van der Waals surface area contributed by atoms with Crippen molar-refractivity contribution in [2.45, 2.75) is 6.92 Å². The van der Waals surface area contributed by atoms with Crippen LogP contribution in [0.4, 0.5) is 5.82 Å². The lowest BCUT2D eigenvalue weighted by molar-refractivity contribution is -0.109. The highest BCUT2D eigenvalue weighted by molar-refractivity contribution is 7.21. The Morgan fingerprint density at radius 2 is 2.14 bits per heavy atom. The lowest BCUT2D eigenvalue weighted by Gasteiger charge is -2.08. The van der Waals surface area contributed by atoms with E-state index in [1.165, 1.54) is 0 Å². The number of nitrogens with one attached hydrogen (secondary N) is 2. The molecule has 0 fully saturated rings. The molecule has 9 heteroatoms. The molecule has 0 aliphatic heterocycles. The Morgan fingerprint density at radius 3 is 2.93 bits per heavy atom. The smallest absolute Gasteiger partial charge is 0.207 e. The van der Waals surface area contributed by atoms with Crippen molar-refractivity contribution in [2.24, 2.45) is 0 Å². The van der Waals surface area contributed by atoms with Gasteiger partial charge in [0, 0.05) is 35.9 Å². The van der Waals surface area contributed by atoms with Crippen LogP contribution < -0.4 is 15.4 Å². The predicted octanol–water partition coefficient (Wildman–Crippen LogP) is 2.79. The third kappa shape index (κ3) is 3.20. The second-order valence-electron chi connectivity index (χ2n) is 6.24. The first-order valence-corrected chi connectivity index (χ1v) is 9.49. The number of imidazole rings is 1. The number of rotatable bonds is 7. The van der Waals surface area contributed by atoms with Gasteiger partial charge in [0.15, 0.2) is 11.5 Å². The number of hydrogen-bond donors (Lipinski definition) is 3. The summed E-state index contributed by atoms with van der Waals surface area (Å²) in [7, 11) is 1.57. The highest BCUT2D eigenvalue weighted by Gasteiger charge is 2.16. The number of anilines is 1. The standard InChI is InChI=1S/C19H19N5O3S/c1-11-9-22-18-17(21-4-3-20-10-25)23-15-8-16(28-19(15)24(11)18)12-5-13(26)7-14(6-12)27-2/h5-10,26H,3-4H2,1-2H3,(H,20,25)(H,21,23). The van der Waals surface area contributed by atoms with Gasteiger partial charge in [-0.2, -0.15) is 0 Å². The third-order valence-corrected chi connectivity index (χ3v) is 5.49. The van der Waals surface area contributed by atoms with Crippen LogP contribution in [0.2, 0.25) is 0 Å². The number of aryl methyl sites for hydroxylation is 1. The number of carbonyl (C=O) groups is 1. The Hall–Kier alpha value is -3.33. The molecule has 3 aromatic heterocycles. The van der Waals surface area contributed by atoms with E-state index in [4.69, 9.17) is 9.72 Å². The number of benzene rings is 1. The molecule has 4 aromatic rings. The average Bonchev–Trinajstić information content (AvgIpc) is 3.28. The number of aromatic nitrogens is 3. The molecule has 0 aliphatic rings. The van der Waals surface area contributed by atoms with Crippen molar-refractivity contribution >= 4 is 39.6 Å². The van der Waals surface area contributed by atoms with E-state index in [0.717, 1.165) is 32.1 Å². The van der Waals surface area contributed by atoms with Crippen molar-refractivity contribution in [1.82, 2.24) is 19.7 Å². The molecule has 3 heterocycles. The van der Waals surface area contributed by atoms with Gasteiger partial charge in [0.25, 0.3) is 0 Å². The third-order valence-electron chi connectivity index (χ3n) is 4.34. The number of thiophene rings is 1. The minimum Gasteiger partial charge on any atom is -0.508 e. The summed E-state index contributed by atoms with van der Waals surface area (Å²) in [5, 5.41) is 15.8. The van der Waals surface area contributed by atoms with Crippen molar-refractivity contribution in [3.05, 3.63) is 36.2 Å². The molecule has 0 atom stereocenters. The summed E-state index contributed by atoms with van der Waals surface area (Å²) in [5.74, 6) is 1.40. The number of fused-ring (bicyclic) bond motifs is 3. The number of amides is 1. The van der Waals surface area contributed by atoms with Crippen LogP contribution in [0.3, 0.4) is 0 Å². The lowest BCUT2D eigenvalue weighted by atomic mass is 10.1. The Balaban J connectivity index is 1.82. The molecule has 1 aromatic carbocycles. The lowest BCUT2D eigenvalue weighted by Crippen LogP contribution is -2.21. The maximum Gasteiger partial charge on any atom is 0.207 e. The number of ether oxygens (including phenoxy) is 1. The Labute approximate surface area is 164 Å². The fraction of sp³-hybridized carbons (Fsp3) is 0.211. The van der Waals surface area contributed by atoms with E-state index < -0.39 is 0 Å². The summed E-state index contributed by atoms with van der Waals surface area (Å²) in [5.41, 5.74) is 3.41. The molecule has 0 saturated carbocycles. The van der Waals surface area contributed by atoms with Gasteiger partial charge in [-0.05, 0) is 30.7 Å². The molecule has 0 spiro atoms. The number of carbonyl (C=O) groups excluding carboxylic acids is 1. The van der Waals surface area contributed by atoms with Gasteiger partial charge in [0.05, 0.1) is 7.11 Å². The minimum absolute atomic E-state index is 0.147. The van der Waals surface area contributed by atoms with Crippen LogP contribution in [0.5, 0.6) is 11.5 Å². The molecule has 0 unspecified atom stereocenters. The molecule has 8 nitrogen and oxygen atoms in total. The van der Waals surface area contributed by atoms with Gasteiger partial charge >= 0.3 is 0 Å². The first-order valence-electron chi connectivity index (χ1n) is 8.67. The van der Waals surface area contributed by atoms with Gasteiger partial charge in [-0.3, -0.25) is 9.20 Å². The van der Waals surface area contributed by atoms with Crippen molar-refractivity contribution in [1.29, 1.82) is 0 Å². The first-order chi connectivity index (χ1) is 13.6. The Kier molecular flexibility index (Phi) is 4.74. The second kappa shape index (κ2) is 7.35. The molecule has 0 bridgehead atoms. The molecular weight excluding hydrogens is 378 g/mol. The van der Waals surface area contributed by atoms with Crippen molar-refractivity contribution in [3.8, 4) is 21.9 Å². The van der Waals surface area contributed by atoms with Crippen LogP contribution in [0, 0.1) is 6.92 Å². The topological polar surface area (TPSA) is 101 Å². The molecule has 0 saturated heterocycles. The first kappa shape index (κ1) is 18.1. The number of phenols is 1. The highest BCUT2D eigenvalue weighted by atomic mass is 32.1. The van der Waals surface area contributed by atoms with Crippen LogP contribution in [-0.2, 0) is 4.79 Å². The summed E-state index contributed by atoms with van der Waals surface area (Å²) in [6, 6.07) is 7.15. The normalized spacial score (nSPS) is 11.1. The summed E-state index contributed by atoms with van der Waals surface area (Å²) in [6.07, 6.45) is 2.48. The zero-order valence-corrected chi connectivity index (χ0v) is 16.2. The largest absolute Gasteiger partial charge is 0.508 e. The number of hydrogen-bond acceptors (Lipinski definition) is 7. The van der Waals surface area contributed by atoms with E-state index in [1.54, 1.807) is 30.6 Å². The van der Waals surface area contributed by atoms with Gasteiger partial charge in [0.1, 0.15) is 21.8 Å². The van der Waals surface area contributed by atoms with E-state index in [2.05, 4.69) is 20.0 Å². The number of methoxy groups -OCH3 is 1. The van der Waals surface area contributed by atoms with E-state index in [1.807, 2.05) is 25.3 Å². The molecule has 28 heavy (non-hydrogen) atoms. The predicted molar refractivity (Wildman–Crippen MR) is 109 cm³/mol. The van der Waals surface area contributed by atoms with E-state index in [-0.39, 0.29) is 5.75 Å². The van der Waals surface area contributed by atoms with Gasteiger partial charge in [-0.25, -0.2) is 9.97 Å². The molecule has 4 rings (SSSR count). The molecule has 0 aliphatic carbocycles. The molecule has 0 radical (unpaired) electrons. The zero-order valence-electron chi connectivity index (χ0n) is 15.4.